The summed E-state index contributed by atoms with van der Waals surface area (Å²) < 4.78 is 41.0. The Balaban J connectivity index is 1.57. The van der Waals surface area contributed by atoms with E-state index in [0.717, 1.165) is 12.1 Å². The van der Waals surface area contributed by atoms with Gasteiger partial charge in [-0.05, 0) is 35.4 Å². The predicted octanol–water partition coefficient (Wildman–Crippen LogP) is 2.57. The number of hydrogen-bond donors (Lipinski definition) is 1. The molecule has 1 N–H and O–H groups in total. The van der Waals surface area contributed by atoms with Gasteiger partial charge in [-0.1, -0.05) is 6.07 Å². The lowest BCUT2D eigenvalue weighted by molar-refractivity contribution is -0.126. The first-order valence-electron chi connectivity index (χ1n) is 9.49. The highest BCUT2D eigenvalue weighted by Gasteiger charge is 2.24. The molecule has 3 aromatic rings. The van der Waals surface area contributed by atoms with Gasteiger partial charge in [0, 0.05) is 19.0 Å². The topological polar surface area (TPSA) is 110 Å². The second kappa shape index (κ2) is 8.47. The molecule has 4 rings (SSSR count). The number of carbonyl (C=O) groups is 1. The molecule has 10 heteroatoms. The lowest BCUT2D eigenvalue weighted by Crippen LogP contribution is -2.43. The third-order valence-corrected chi connectivity index (χ3v) is 5.00. The summed E-state index contributed by atoms with van der Waals surface area (Å²) in [7, 11) is 1.53. The fourth-order valence-electron chi connectivity index (χ4n) is 3.31. The molecule has 0 saturated carbocycles. The fraction of sp³-hybridized carbons (Fsp3) is 0.182. The molecular weight excluding hydrogens is 422 g/mol. The number of rotatable bonds is 5. The van der Waals surface area contributed by atoms with E-state index in [1.807, 2.05) is 6.07 Å². The van der Waals surface area contributed by atoms with Gasteiger partial charge in [-0.15, -0.1) is 0 Å². The third kappa shape index (κ3) is 4.00. The van der Waals surface area contributed by atoms with Crippen LogP contribution in [0.4, 0.5) is 8.78 Å². The number of oxazole rings is 1. The standard InChI is InChI=1S/C22H16F2N4O4/c1-28-18-8-12(2-3-19(18)32-22(28)30)13-6-16(23)15(17(24)7-13)9-14(10-25)27-21(29)20-11-26-4-5-31-20/h2-8,11,14,20H,9H2,1H3,(H,27,29)/t14?,20-/m0/s1. The zero-order chi connectivity index (χ0) is 22.8. The Morgan fingerprint density at radius 2 is 2.03 bits per heavy atom. The molecular formula is C22H16F2N4O4. The molecule has 32 heavy (non-hydrogen) atoms. The highest BCUT2D eigenvalue weighted by molar-refractivity contribution is 5.97. The van der Waals surface area contributed by atoms with Gasteiger partial charge in [0.1, 0.15) is 23.9 Å². The van der Waals surface area contributed by atoms with Crippen molar-refractivity contribution >= 4 is 23.2 Å². The molecule has 162 valence electrons. The molecule has 1 aromatic heterocycles. The number of nitrogens with one attached hydrogen (secondary N) is 1. The molecule has 0 aliphatic carbocycles. The van der Waals surface area contributed by atoms with E-state index >= 15 is 0 Å². The summed E-state index contributed by atoms with van der Waals surface area (Å²) >= 11 is 0. The van der Waals surface area contributed by atoms with Gasteiger partial charge in [0.25, 0.3) is 5.91 Å². The molecule has 1 amide bonds. The minimum Gasteiger partial charge on any atom is -0.481 e. The zero-order valence-electron chi connectivity index (χ0n) is 16.7. The van der Waals surface area contributed by atoms with Crippen LogP contribution in [0.25, 0.3) is 22.2 Å². The summed E-state index contributed by atoms with van der Waals surface area (Å²) in [6.07, 6.45) is 2.41. The van der Waals surface area contributed by atoms with Crippen molar-refractivity contribution in [3.8, 4) is 17.2 Å². The number of aryl methyl sites for hydroxylation is 1. The number of nitriles is 1. The van der Waals surface area contributed by atoms with Gasteiger partial charge in [0.15, 0.2) is 5.58 Å². The van der Waals surface area contributed by atoms with Crippen LogP contribution in [0.3, 0.4) is 0 Å². The smallest absolute Gasteiger partial charge is 0.419 e. The van der Waals surface area contributed by atoms with Crippen LogP contribution in [0.1, 0.15) is 5.56 Å². The molecule has 0 radical (unpaired) electrons. The van der Waals surface area contributed by atoms with E-state index in [-0.39, 0.29) is 17.5 Å². The maximum Gasteiger partial charge on any atom is 0.419 e. The number of benzene rings is 2. The van der Waals surface area contributed by atoms with E-state index in [4.69, 9.17) is 9.15 Å². The largest absolute Gasteiger partial charge is 0.481 e. The Morgan fingerprint density at radius 1 is 1.28 bits per heavy atom. The van der Waals surface area contributed by atoms with Gasteiger partial charge in [0.2, 0.25) is 6.10 Å². The predicted molar refractivity (Wildman–Crippen MR) is 111 cm³/mol. The number of nitrogens with zero attached hydrogens (tertiary/aromatic N) is 3. The Kier molecular flexibility index (Phi) is 5.55. The molecule has 1 aliphatic rings. The van der Waals surface area contributed by atoms with Crippen molar-refractivity contribution in [2.24, 2.45) is 12.0 Å². The highest BCUT2D eigenvalue weighted by Crippen LogP contribution is 2.28. The number of fused-ring (bicyclic) bond motifs is 1. The molecule has 0 bridgehead atoms. The van der Waals surface area contributed by atoms with Crippen molar-refractivity contribution in [1.29, 1.82) is 5.26 Å². The van der Waals surface area contributed by atoms with Crippen molar-refractivity contribution in [1.82, 2.24) is 9.88 Å². The van der Waals surface area contributed by atoms with E-state index in [2.05, 4.69) is 10.3 Å². The summed E-state index contributed by atoms with van der Waals surface area (Å²) in [5, 5.41) is 11.7. The van der Waals surface area contributed by atoms with E-state index in [0.29, 0.717) is 16.7 Å². The first kappa shape index (κ1) is 21.0. The minimum atomic E-state index is -1.18. The van der Waals surface area contributed by atoms with Crippen LogP contribution in [0.15, 0.2) is 57.0 Å². The monoisotopic (exact) mass is 438 g/mol. The average molecular weight is 438 g/mol. The Bertz CT molecular complexity index is 1340. The number of aromatic nitrogens is 1. The average Bonchev–Trinajstić information content (AvgIpc) is 3.08. The molecule has 0 saturated heterocycles. The molecule has 0 fully saturated rings. The summed E-state index contributed by atoms with van der Waals surface area (Å²) in [6.45, 7) is 0. The van der Waals surface area contributed by atoms with Crippen LogP contribution in [-0.4, -0.2) is 28.8 Å². The van der Waals surface area contributed by atoms with Crippen molar-refractivity contribution in [3.05, 3.63) is 70.5 Å². The summed E-state index contributed by atoms with van der Waals surface area (Å²) in [6, 6.07) is 7.63. The van der Waals surface area contributed by atoms with E-state index in [9.17, 15) is 23.6 Å². The SMILES string of the molecule is Cn1c(=O)oc2ccc(-c3cc(F)c(CC(C#N)NC(=O)[C@@H]4C=NC=CO4)c(F)c3)cc21. The maximum absolute atomic E-state index is 14.8. The number of aliphatic imine (C=N–C) groups is 1. The van der Waals surface area contributed by atoms with Crippen LogP contribution in [0.2, 0.25) is 0 Å². The van der Waals surface area contributed by atoms with Crippen molar-refractivity contribution in [2.75, 3.05) is 0 Å². The number of hydrogen-bond acceptors (Lipinski definition) is 6. The fourth-order valence-corrected chi connectivity index (χ4v) is 3.31. The Hall–Kier alpha value is -4.26. The van der Waals surface area contributed by atoms with Gasteiger partial charge in [-0.3, -0.25) is 14.4 Å². The first-order chi connectivity index (χ1) is 15.4. The number of ether oxygens (including phenoxy) is 1. The maximum atomic E-state index is 14.8. The third-order valence-electron chi connectivity index (χ3n) is 5.00. The highest BCUT2D eigenvalue weighted by atomic mass is 19.1. The van der Waals surface area contributed by atoms with E-state index < -0.39 is 35.4 Å². The van der Waals surface area contributed by atoms with Crippen LogP contribution in [-0.2, 0) is 23.0 Å². The minimum absolute atomic E-state index is 0.246. The summed E-state index contributed by atoms with van der Waals surface area (Å²) in [4.78, 5) is 27.6. The van der Waals surface area contributed by atoms with Crippen molar-refractivity contribution in [2.45, 2.75) is 18.6 Å². The second-order valence-electron chi connectivity index (χ2n) is 7.06. The number of halogens is 2. The van der Waals surface area contributed by atoms with Crippen LogP contribution >= 0.6 is 0 Å². The first-order valence-corrected chi connectivity index (χ1v) is 9.49. The lowest BCUT2D eigenvalue weighted by Gasteiger charge is -2.17. The van der Waals surface area contributed by atoms with Crippen LogP contribution < -0.4 is 11.1 Å². The zero-order valence-corrected chi connectivity index (χ0v) is 16.7. The van der Waals surface area contributed by atoms with Crippen LogP contribution in [0, 0.1) is 23.0 Å². The van der Waals surface area contributed by atoms with Gasteiger partial charge >= 0.3 is 5.76 Å². The molecule has 2 aromatic carbocycles. The lowest BCUT2D eigenvalue weighted by atomic mass is 9.99. The normalized spacial score (nSPS) is 15.9. The van der Waals surface area contributed by atoms with Gasteiger partial charge in [-0.25, -0.2) is 13.6 Å². The molecule has 8 nitrogen and oxygen atoms in total. The number of carbonyl (C=O) groups excluding carboxylic acids is 1. The van der Waals surface area contributed by atoms with Gasteiger partial charge in [0.05, 0.1) is 24.0 Å². The second-order valence-corrected chi connectivity index (χ2v) is 7.06. The Labute approximate surface area is 180 Å². The summed E-state index contributed by atoms with van der Waals surface area (Å²) in [5.74, 6) is -2.93. The molecule has 2 heterocycles. The van der Waals surface area contributed by atoms with Gasteiger partial charge in [-0.2, -0.15) is 5.26 Å². The Morgan fingerprint density at radius 3 is 2.69 bits per heavy atom. The molecule has 1 unspecified atom stereocenters. The molecule has 1 aliphatic heterocycles. The molecule has 0 spiro atoms. The van der Waals surface area contributed by atoms with Crippen molar-refractivity contribution < 1.29 is 22.7 Å². The van der Waals surface area contributed by atoms with E-state index in [1.165, 1.54) is 30.3 Å². The van der Waals surface area contributed by atoms with Gasteiger partial charge < -0.3 is 14.5 Å². The van der Waals surface area contributed by atoms with Crippen LogP contribution in [0.5, 0.6) is 0 Å². The quantitative estimate of drug-likeness (QED) is 0.659. The van der Waals surface area contributed by atoms with Crippen molar-refractivity contribution in [3.63, 3.8) is 0 Å². The molecule has 2 atom stereocenters. The summed E-state index contributed by atoms with van der Waals surface area (Å²) in [5.41, 5.74) is 1.22. The van der Waals surface area contributed by atoms with E-state index in [1.54, 1.807) is 18.2 Å². The number of amides is 1.